The molecule has 17 heavy (non-hydrogen) atoms. The van der Waals surface area contributed by atoms with Gasteiger partial charge in [-0.1, -0.05) is 13.8 Å². The Morgan fingerprint density at radius 3 is 2.35 bits per heavy atom. The highest BCUT2D eigenvalue weighted by atomic mass is 19.4. The van der Waals surface area contributed by atoms with Gasteiger partial charge in [0.05, 0.1) is 5.92 Å². The van der Waals surface area contributed by atoms with E-state index in [-0.39, 0.29) is 17.5 Å². The van der Waals surface area contributed by atoms with Crippen LogP contribution in [0.2, 0.25) is 0 Å². The zero-order chi connectivity index (χ0) is 13.2. The molecule has 0 bridgehead atoms. The highest BCUT2D eigenvalue weighted by Crippen LogP contribution is 2.29. The van der Waals surface area contributed by atoms with Gasteiger partial charge in [-0.05, 0) is 18.9 Å². The molecule has 0 saturated carbocycles. The normalized spacial score (nSPS) is 13.8. The van der Waals surface area contributed by atoms with Crippen LogP contribution in [-0.4, -0.2) is 15.8 Å². The molecule has 1 heterocycles. The highest BCUT2D eigenvalue weighted by molar-refractivity contribution is 5.82. The van der Waals surface area contributed by atoms with Crippen LogP contribution in [0.5, 0.6) is 0 Å². The molecule has 94 valence electrons. The maximum Gasteiger partial charge on any atom is 0.433 e. The molecule has 0 amide bonds. The lowest BCUT2D eigenvalue weighted by atomic mass is 9.91. The lowest BCUT2D eigenvalue weighted by molar-refractivity contribution is -0.141. The van der Waals surface area contributed by atoms with Crippen molar-refractivity contribution in [3.63, 3.8) is 0 Å². The van der Waals surface area contributed by atoms with Crippen LogP contribution in [0.15, 0.2) is 12.3 Å². The molecule has 0 aliphatic carbocycles. The van der Waals surface area contributed by atoms with E-state index in [9.17, 15) is 18.0 Å². The zero-order valence-electron chi connectivity index (χ0n) is 9.75. The summed E-state index contributed by atoms with van der Waals surface area (Å²) in [4.78, 5) is 18.6. The van der Waals surface area contributed by atoms with Gasteiger partial charge >= 0.3 is 6.18 Å². The van der Waals surface area contributed by atoms with Gasteiger partial charge in [-0.3, -0.25) is 4.79 Å². The smallest absolute Gasteiger partial charge is 0.299 e. The summed E-state index contributed by atoms with van der Waals surface area (Å²) in [6.07, 6.45) is -3.49. The fourth-order valence-electron chi connectivity index (χ4n) is 1.63. The van der Waals surface area contributed by atoms with Gasteiger partial charge in [0.1, 0.15) is 17.3 Å². The second kappa shape index (κ2) is 4.81. The number of aromatic nitrogens is 2. The predicted molar refractivity (Wildman–Crippen MR) is 55.3 cm³/mol. The van der Waals surface area contributed by atoms with Gasteiger partial charge in [-0.2, -0.15) is 13.2 Å². The number of Topliss-reactive ketones (excluding diaryl/α,β-unsaturated/α-hetero) is 1. The Balaban J connectivity index is 3.18. The molecule has 3 nitrogen and oxygen atoms in total. The number of halogens is 3. The van der Waals surface area contributed by atoms with Gasteiger partial charge in [0, 0.05) is 6.20 Å². The molecule has 1 aromatic rings. The van der Waals surface area contributed by atoms with Gasteiger partial charge in [-0.15, -0.1) is 0 Å². The third kappa shape index (κ3) is 3.25. The Morgan fingerprint density at radius 1 is 1.35 bits per heavy atom. The van der Waals surface area contributed by atoms with Gasteiger partial charge in [0.2, 0.25) is 0 Å². The second-order valence-corrected chi connectivity index (χ2v) is 4.13. The average molecular weight is 246 g/mol. The molecule has 0 aromatic carbocycles. The van der Waals surface area contributed by atoms with Crippen LogP contribution in [0.1, 0.15) is 38.2 Å². The molecule has 0 aliphatic heterocycles. The molecule has 0 N–H and O–H groups in total. The number of carbonyl (C=O) groups is 1. The van der Waals surface area contributed by atoms with Gasteiger partial charge in [0.25, 0.3) is 0 Å². The average Bonchev–Trinajstić information content (AvgIpc) is 2.15. The molecule has 0 fully saturated rings. The number of hydrogen-bond donors (Lipinski definition) is 0. The first kappa shape index (κ1) is 13.6. The Labute approximate surface area is 97.1 Å². The lowest BCUT2D eigenvalue weighted by Gasteiger charge is -2.17. The minimum Gasteiger partial charge on any atom is -0.299 e. The summed E-state index contributed by atoms with van der Waals surface area (Å²) in [5.74, 6) is -1.14. The Hall–Kier alpha value is -1.46. The molecule has 1 aromatic heterocycles. The Morgan fingerprint density at radius 2 is 1.94 bits per heavy atom. The molecule has 0 saturated heterocycles. The minimum atomic E-state index is -4.52. The molecule has 0 aliphatic rings. The number of alkyl halides is 3. The summed E-state index contributed by atoms with van der Waals surface area (Å²) in [5, 5.41) is 0. The molecule has 0 spiro atoms. The van der Waals surface area contributed by atoms with E-state index in [4.69, 9.17) is 0 Å². The lowest BCUT2D eigenvalue weighted by Crippen LogP contribution is -2.20. The number of nitrogens with zero attached hydrogens (tertiary/aromatic N) is 2. The quantitative estimate of drug-likeness (QED) is 0.823. The van der Waals surface area contributed by atoms with E-state index in [0.717, 1.165) is 12.3 Å². The first-order valence-electron chi connectivity index (χ1n) is 5.14. The van der Waals surface area contributed by atoms with Crippen LogP contribution in [0.3, 0.4) is 0 Å². The maximum atomic E-state index is 12.5. The van der Waals surface area contributed by atoms with E-state index in [1.807, 2.05) is 0 Å². The van der Waals surface area contributed by atoms with Crippen molar-refractivity contribution < 1.29 is 18.0 Å². The van der Waals surface area contributed by atoms with Crippen LogP contribution in [0.4, 0.5) is 13.2 Å². The summed E-state index contributed by atoms with van der Waals surface area (Å²) in [6, 6.07) is 0.793. The van der Waals surface area contributed by atoms with Gasteiger partial charge < -0.3 is 0 Å². The van der Waals surface area contributed by atoms with Crippen molar-refractivity contribution in [1.82, 2.24) is 9.97 Å². The number of ketones is 1. The summed E-state index contributed by atoms with van der Waals surface area (Å²) >= 11 is 0. The first-order valence-corrected chi connectivity index (χ1v) is 5.14. The summed E-state index contributed by atoms with van der Waals surface area (Å²) in [5.41, 5.74) is -1.02. The zero-order valence-corrected chi connectivity index (χ0v) is 9.75. The van der Waals surface area contributed by atoms with Gasteiger partial charge in [0.15, 0.2) is 0 Å². The van der Waals surface area contributed by atoms with Crippen LogP contribution < -0.4 is 0 Å². The number of carbonyl (C=O) groups excluding carboxylic acids is 1. The SMILES string of the molecule is CC(=O)C(c1nccc(C(F)(F)F)n1)C(C)C. The van der Waals surface area contributed by atoms with E-state index >= 15 is 0 Å². The van der Waals surface area contributed by atoms with E-state index < -0.39 is 17.8 Å². The summed E-state index contributed by atoms with van der Waals surface area (Å²) in [7, 11) is 0. The third-order valence-electron chi connectivity index (χ3n) is 2.35. The predicted octanol–water partition coefficient (Wildman–Crippen LogP) is 2.82. The molecular weight excluding hydrogens is 233 g/mol. The molecule has 1 atom stereocenters. The van der Waals surface area contributed by atoms with Crippen LogP contribution >= 0.6 is 0 Å². The van der Waals surface area contributed by atoms with Gasteiger partial charge in [-0.25, -0.2) is 9.97 Å². The monoisotopic (exact) mass is 246 g/mol. The van der Waals surface area contributed by atoms with Crippen molar-refractivity contribution in [2.45, 2.75) is 32.9 Å². The first-order chi connectivity index (χ1) is 7.73. The topological polar surface area (TPSA) is 42.9 Å². The maximum absolute atomic E-state index is 12.5. The van der Waals surface area contributed by atoms with Crippen LogP contribution in [-0.2, 0) is 11.0 Å². The minimum absolute atomic E-state index is 0.0673. The van der Waals surface area contributed by atoms with Crippen molar-refractivity contribution >= 4 is 5.78 Å². The van der Waals surface area contributed by atoms with Crippen molar-refractivity contribution in [2.24, 2.45) is 5.92 Å². The fourth-order valence-corrected chi connectivity index (χ4v) is 1.63. The molecule has 1 unspecified atom stereocenters. The standard InChI is InChI=1S/C11H13F3N2O/c1-6(2)9(7(3)17)10-15-5-4-8(16-10)11(12,13)14/h4-6,9H,1-3H3. The van der Waals surface area contributed by atoms with Crippen molar-refractivity contribution in [3.8, 4) is 0 Å². The third-order valence-corrected chi connectivity index (χ3v) is 2.35. The van der Waals surface area contributed by atoms with E-state index in [1.54, 1.807) is 13.8 Å². The highest BCUT2D eigenvalue weighted by Gasteiger charge is 2.34. The molecule has 0 radical (unpaired) electrons. The van der Waals surface area contributed by atoms with Crippen molar-refractivity contribution in [3.05, 3.63) is 23.8 Å². The van der Waals surface area contributed by atoms with Crippen molar-refractivity contribution in [2.75, 3.05) is 0 Å². The van der Waals surface area contributed by atoms with Crippen molar-refractivity contribution in [1.29, 1.82) is 0 Å². The number of rotatable bonds is 3. The summed E-state index contributed by atoms with van der Waals surface area (Å²) in [6.45, 7) is 4.82. The Kier molecular flexibility index (Phi) is 3.85. The molecule has 1 rings (SSSR count). The van der Waals surface area contributed by atoms with E-state index in [0.29, 0.717) is 0 Å². The van der Waals surface area contributed by atoms with Crippen LogP contribution in [0.25, 0.3) is 0 Å². The fraction of sp³-hybridized carbons (Fsp3) is 0.545. The van der Waals surface area contributed by atoms with E-state index in [2.05, 4.69) is 9.97 Å². The second-order valence-electron chi connectivity index (χ2n) is 4.13. The number of hydrogen-bond acceptors (Lipinski definition) is 3. The van der Waals surface area contributed by atoms with Crippen LogP contribution in [0, 0.1) is 5.92 Å². The van der Waals surface area contributed by atoms with E-state index in [1.165, 1.54) is 6.92 Å². The Bertz CT molecular complexity index is 415. The largest absolute Gasteiger partial charge is 0.433 e. The molecule has 6 heteroatoms. The summed E-state index contributed by atoms with van der Waals surface area (Å²) < 4.78 is 37.4. The molecular formula is C11H13F3N2O.